The minimum absolute atomic E-state index is 0.217. The maximum Gasteiger partial charge on any atom is 0.323 e. The maximum atomic E-state index is 11.4. The van der Waals surface area contributed by atoms with Gasteiger partial charge in [-0.2, -0.15) is 0 Å². The summed E-state index contributed by atoms with van der Waals surface area (Å²) in [6.45, 7) is 4.72. The average molecular weight is 256 g/mol. The number of urea groups is 1. The molecule has 0 spiro atoms. The van der Waals surface area contributed by atoms with Gasteiger partial charge in [0.15, 0.2) is 0 Å². The summed E-state index contributed by atoms with van der Waals surface area (Å²) in [6, 6.07) is -0.382. The van der Waals surface area contributed by atoms with Gasteiger partial charge in [-0.05, 0) is 30.6 Å². The summed E-state index contributed by atoms with van der Waals surface area (Å²) in [5.74, 6) is -0.408. The second-order valence-electron chi connectivity index (χ2n) is 5.74. The molecule has 2 amide bonds. The lowest BCUT2D eigenvalue weighted by atomic mass is 9.78. The Morgan fingerprint density at radius 2 is 1.83 bits per heavy atom. The van der Waals surface area contributed by atoms with Crippen molar-refractivity contribution in [3.63, 3.8) is 0 Å². The smallest absolute Gasteiger partial charge is 0.323 e. The molecule has 1 saturated carbocycles. The summed E-state index contributed by atoms with van der Waals surface area (Å²) in [5.41, 5.74) is 0.217. The third-order valence-electron chi connectivity index (χ3n) is 3.53. The van der Waals surface area contributed by atoms with Gasteiger partial charge in [0.05, 0.1) is 0 Å². The fourth-order valence-electron chi connectivity index (χ4n) is 2.93. The van der Waals surface area contributed by atoms with E-state index >= 15 is 0 Å². The third-order valence-corrected chi connectivity index (χ3v) is 3.53. The molecule has 0 atom stereocenters. The Labute approximate surface area is 108 Å². The van der Waals surface area contributed by atoms with Gasteiger partial charge < -0.3 is 15.7 Å². The van der Waals surface area contributed by atoms with Gasteiger partial charge in [-0.15, -0.1) is 0 Å². The summed E-state index contributed by atoms with van der Waals surface area (Å²) in [5, 5.41) is 13.6. The number of carbonyl (C=O) groups excluding carboxylic acids is 1. The van der Waals surface area contributed by atoms with Crippen LogP contribution in [0.1, 0.15) is 46.0 Å². The molecule has 18 heavy (non-hydrogen) atoms. The number of hydrogen-bond acceptors (Lipinski definition) is 2. The van der Waals surface area contributed by atoms with E-state index in [4.69, 9.17) is 5.11 Å². The van der Waals surface area contributed by atoms with E-state index in [-0.39, 0.29) is 18.0 Å². The lowest BCUT2D eigenvalue weighted by Crippen LogP contribution is -2.43. The second kappa shape index (κ2) is 6.61. The largest absolute Gasteiger partial charge is 0.480 e. The molecule has 0 aromatic carbocycles. The van der Waals surface area contributed by atoms with Crippen LogP contribution in [0, 0.1) is 11.3 Å². The molecule has 0 heterocycles. The van der Waals surface area contributed by atoms with E-state index < -0.39 is 5.97 Å². The molecule has 1 rings (SSSR count). The van der Waals surface area contributed by atoms with E-state index in [9.17, 15) is 9.59 Å². The maximum absolute atomic E-state index is 11.4. The highest BCUT2D eigenvalue weighted by molar-refractivity contribution is 5.79. The van der Waals surface area contributed by atoms with Crippen molar-refractivity contribution in [1.82, 2.24) is 10.6 Å². The monoisotopic (exact) mass is 256 g/mol. The highest BCUT2D eigenvalue weighted by Gasteiger charge is 2.34. The fourth-order valence-corrected chi connectivity index (χ4v) is 2.93. The first-order chi connectivity index (χ1) is 8.43. The first-order valence-electron chi connectivity index (χ1n) is 6.67. The minimum Gasteiger partial charge on any atom is -0.480 e. The van der Waals surface area contributed by atoms with Crippen LogP contribution in [0.3, 0.4) is 0 Å². The highest BCUT2D eigenvalue weighted by atomic mass is 16.4. The molecular weight excluding hydrogens is 232 g/mol. The number of carbonyl (C=O) groups is 2. The summed E-state index contributed by atoms with van der Waals surface area (Å²) in [6.07, 6.45) is 5.89. The Balaban J connectivity index is 2.38. The first-order valence-corrected chi connectivity index (χ1v) is 6.67. The molecule has 0 radical (unpaired) electrons. The Morgan fingerprint density at radius 1 is 1.22 bits per heavy atom. The van der Waals surface area contributed by atoms with Crippen LogP contribution < -0.4 is 10.6 Å². The molecule has 1 aliphatic rings. The summed E-state index contributed by atoms with van der Waals surface area (Å²) < 4.78 is 0. The molecule has 0 saturated heterocycles. The first kappa shape index (κ1) is 14.8. The molecular formula is C13H24N2O3. The quantitative estimate of drug-likeness (QED) is 0.680. The summed E-state index contributed by atoms with van der Waals surface area (Å²) in [7, 11) is 0. The number of rotatable bonds is 6. The van der Waals surface area contributed by atoms with Gasteiger partial charge in [-0.3, -0.25) is 4.79 Å². The van der Waals surface area contributed by atoms with Crippen molar-refractivity contribution < 1.29 is 14.7 Å². The van der Waals surface area contributed by atoms with Gasteiger partial charge in [-0.1, -0.05) is 26.7 Å². The van der Waals surface area contributed by atoms with Crippen molar-refractivity contribution >= 4 is 12.0 Å². The number of nitrogens with one attached hydrogen (secondary N) is 2. The Kier molecular flexibility index (Phi) is 5.44. The van der Waals surface area contributed by atoms with E-state index in [1.807, 2.05) is 0 Å². The topological polar surface area (TPSA) is 78.4 Å². The van der Waals surface area contributed by atoms with Gasteiger partial charge >= 0.3 is 12.0 Å². The normalized spacial score (nSPS) is 17.7. The standard InChI is InChI=1S/C13H24N2O3/c1-10(2)7-13(5-3-4-6-13)9-15-12(18)14-8-11(16)17/h10H,3-9H2,1-2H3,(H,16,17)(H2,14,15,18). The number of amides is 2. The number of carboxylic acid groups (broad SMARTS) is 1. The zero-order valence-corrected chi connectivity index (χ0v) is 11.3. The summed E-state index contributed by atoms with van der Waals surface area (Å²) in [4.78, 5) is 21.8. The molecule has 0 bridgehead atoms. The van der Waals surface area contributed by atoms with Crippen molar-refractivity contribution in [1.29, 1.82) is 0 Å². The van der Waals surface area contributed by atoms with Crippen LogP contribution in [0.25, 0.3) is 0 Å². The number of carboxylic acids is 1. The SMILES string of the molecule is CC(C)CC1(CNC(=O)NCC(=O)O)CCCC1. The Hall–Kier alpha value is -1.26. The highest BCUT2D eigenvalue weighted by Crippen LogP contribution is 2.42. The molecule has 1 aliphatic carbocycles. The molecule has 0 aliphatic heterocycles. The zero-order valence-electron chi connectivity index (χ0n) is 11.3. The fraction of sp³-hybridized carbons (Fsp3) is 0.846. The van der Waals surface area contributed by atoms with Crippen LogP contribution in [0.15, 0.2) is 0 Å². The van der Waals surface area contributed by atoms with E-state index in [1.54, 1.807) is 0 Å². The molecule has 5 heteroatoms. The zero-order chi connectivity index (χ0) is 13.6. The molecule has 1 fully saturated rings. The van der Waals surface area contributed by atoms with Crippen molar-refractivity contribution in [2.24, 2.45) is 11.3 Å². The van der Waals surface area contributed by atoms with E-state index in [0.29, 0.717) is 12.5 Å². The minimum atomic E-state index is -1.03. The van der Waals surface area contributed by atoms with Crippen LogP contribution in [-0.4, -0.2) is 30.2 Å². The van der Waals surface area contributed by atoms with Crippen LogP contribution in [-0.2, 0) is 4.79 Å². The number of hydrogen-bond donors (Lipinski definition) is 3. The van der Waals surface area contributed by atoms with Crippen molar-refractivity contribution in [3.05, 3.63) is 0 Å². The van der Waals surface area contributed by atoms with Gasteiger partial charge in [0.2, 0.25) is 0 Å². The van der Waals surface area contributed by atoms with Gasteiger partial charge in [0.1, 0.15) is 6.54 Å². The molecule has 0 aromatic heterocycles. The molecule has 5 nitrogen and oxygen atoms in total. The second-order valence-corrected chi connectivity index (χ2v) is 5.74. The van der Waals surface area contributed by atoms with Crippen LogP contribution in [0.4, 0.5) is 4.79 Å². The van der Waals surface area contributed by atoms with Crippen LogP contribution in [0.2, 0.25) is 0 Å². The van der Waals surface area contributed by atoms with Crippen molar-refractivity contribution in [2.45, 2.75) is 46.0 Å². The predicted octanol–water partition coefficient (Wildman–Crippen LogP) is 1.98. The van der Waals surface area contributed by atoms with Gasteiger partial charge in [0.25, 0.3) is 0 Å². The van der Waals surface area contributed by atoms with Crippen molar-refractivity contribution in [2.75, 3.05) is 13.1 Å². The van der Waals surface area contributed by atoms with Crippen molar-refractivity contribution in [3.8, 4) is 0 Å². The van der Waals surface area contributed by atoms with Crippen LogP contribution in [0.5, 0.6) is 0 Å². The average Bonchev–Trinajstić information content (AvgIpc) is 2.71. The molecule has 0 unspecified atom stereocenters. The van der Waals surface area contributed by atoms with Gasteiger partial charge in [-0.25, -0.2) is 4.79 Å². The number of aliphatic carboxylic acids is 1. The summed E-state index contributed by atoms with van der Waals surface area (Å²) >= 11 is 0. The van der Waals surface area contributed by atoms with Crippen LogP contribution >= 0.6 is 0 Å². The lowest BCUT2D eigenvalue weighted by Gasteiger charge is -2.31. The molecule has 3 N–H and O–H groups in total. The predicted molar refractivity (Wildman–Crippen MR) is 69.4 cm³/mol. The van der Waals surface area contributed by atoms with Gasteiger partial charge in [0, 0.05) is 6.54 Å². The van der Waals surface area contributed by atoms with E-state index in [0.717, 1.165) is 19.3 Å². The molecule has 104 valence electrons. The van der Waals surface area contributed by atoms with E-state index in [1.165, 1.54) is 12.8 Å². The Morgan fingerprint density at radius 3 is 2.33 bits per heavy atom. The molecule has 0 aromatic rings. The van der Waals surface area contributed by atoms with E-state index in [2.05, 4.69) is 24.5 Å². The Bertz CT molecular complexity index is 297. The third kappa shape index (κ3) is 4.94. The lowest BCUT2D eigenvalue weighted by molar-refractivity contribution is -0.135.